The molecule has 0 saturated heterocycles. The largest absolute Gasteiger partial charge is 0.481 e. The summed E-state index contributed by atoms with van der Waals surface area (Å²) in [6.07, 6.45) is 1.54. The van der Waals surface area contributed by atoms with Gasteiger partial charge in [0.15, 0.2) is 6.61 Å². The number of carbonyl (C=O) groups excluding carboxylic acids is 2. The number of amides is 1. The molecule has 0 atom stereocenters. The van der Waals surface area contributed by atoms with Crippen molar-refractivity contribution in [2.24, 2.45) is 0 Å². The van der Waals surface area contributed by atoms with Gasteiger partial charge in [-0.15, -0.1) is 0 Å². The highest BCUT2D eigenvalue weighted by Gasteiger charge is 2.14. The van der Waals surface area contributed by atoms with Crippen LogP contribution in [-0.4, -0.2) is 25.6 Å². The number of anilines is 1. The predicted molar refractivity (Wildman–Crippen MR) is 116 cm³/mol. The summed E-state index contributed by atoms with van der Waals surface area (Å²) in [7, 11) is 1.30. The van der Waals surface area contributed by atoms with Gasteiger partial charge in [-0.05, 0) is 80.6 Å². The smallest absolute Gasteiger partial charge is 0.343 e. The Hall–Kier alpha value is -3.59. The number of esters is 1. The number of hydrogen-bond donors (Lipinski definition) is 1. The zero-order valence-electron chi connectivity index (χ0n) is 18.2. The first-order valence-corrected chi connectivity index (χ1v) is 9.48. The van der Waals surface area contributed by atoms with Crippen molar-refractivity contribution in [3.8, 4) is 11.8 Å². The summed E-state index contributed by atoms with van der Waals surface area (Å²) < 4.78 is 10.1. The maximum absolute atomic E-state index is 12.7. The molecule has 0 saturated carbocycles. The van der Waals surface area contributed by atoms with Gasteiger partial charge in [-0.2, -0.15) is 5.26 Å². The third-order valence-electron chi connectivity index (χ3n) is 4.64. The maximum atomic E-state index is 12.7. The third-order valence-corrected chi connectivity index (χ3v) is 4.64. The molecule has 0 spiro atoms. The number of methoxy groups -OCH3 is 1. The fraction of sp³-hybridized carbons (Fsp3) is 0.292. The van der Waals surface area contributed by atoms with E-state index in [0.29, 0.717) is 17.0 Å². The molecule has 0 radical (unpaired) electrons. The lowest BCUT2D eigenvalue weighted by atomic mass is 10.0. The van der Waals surface area contributed by atoms with Crippen molar-refractivity contribution < 1.29 is 19.1 Å². The van der Waals surface area contributed by atoms with E-state index in [2.05, 4.69) is 10.1 Å². The minimum absolute atomic E-state index is 0.00333. The van der Waals surface area contributed by atoms with Crippen LogP contribution in [0.5, 0.6) is 5.75 Å². The van der Waals surface area contributed by atoms with Gasteiger partial charge in [0.1, 0.15) is 17.4 Å². The van der Waals surface area contributed by atoms with Gasteiger partial charge in [-0.3, -0.25) is 4.79 Å². The van der Waals surface area contributed by atoms with E-state index >= 15 is 0 Å². The average Bonchev–Trinajstić information content (AvgIpc) is 2.67. The van der Waals surface area contributed by atoms with Gasteiger partial charge in [0.2, 0.25) is 0 Å². The zero-order chi connectivity index (χ0) is 22.4. The van der Waals surface area contributed by atoms with E-state index in [1.54, 1.807) is 12.1 Å². The molecule has 2 rings (SSSR count). The summed E-state index contributed by atoms with van der Waals surface area (Å²) in [5.74, 6) is -0.358. The molecule has 0 unspecified atom stereocenters. The number of carbonyl (C=O) groups is 2. The number of rotatable bonds is 6. The molecule has 1 amide bonds. The topological polar surface area (TPSA) is 88.4 Å². The second-order valence-corrected chi connectivity index (χ2v) is 7.25. The Kier molecular flexibility index (Phi) is 7.38. The molecule has 0 aromatic heterocycles. The van der Waals surface area contributed by atoms with Crippen LogP contribution in [0.1, 0.15) is 33.4 Å². The fourth-order valence-electron chi connectivity index (χ4n) is 3.36. The summed E-state index contributed by atoms with van der Waals surface area (Å²) in [5, 5.41) is 12.4. The van der Waals surface area contributed by atoms with E-state index in [9.17, 15) is 14.9 Å². The second-order valence-electron chi connectivity index (χ2n) is 7.25. The van der Waals surface area contributed by atoms with Crippen LogP contribution in [0.4, 0.5) is 5.69 Å². The standard InChI is InChI=1S/C24H26N2O4/c1-14-7-15(2)22(16(3)8-14)26-24(28)20(12-25)11-19-9-17(4)23(18(5)10-19)30-13-21(27)29-6/h7-11H,13H2,1-6H3,(H,26,28)/b20-11-. The van der Waals surface area contributed by atoms with Crippen LogP contribution in [0.25, 0.3) is 6.08 Å². The van der Waals surface area contributed by atoms with Crippen LogP contribution >= 0.6 is 0 Å². The van der Waals surface area contributed by atoms with Crippen LogP contribution in [-0.2, 0) is 14.3 Å². The number of ether oxygens (including phenoxy) is 2. The summed E-state index contributed by atoms with van der Waals surface area (Å²) in [6, 6.07) is 9.54. The van der Waals surface area contributed by atoms with E-state index in [1.165, 1.54) is 13.2 Å². The van der Waals surface area contributed by atoms with Crippen molar-refractivity contribution in [2.75, 3.05) is 19.0 Å². The van der Waals surface area contributed by atoms with Gasteiger partial charge in [0, 0.05) is 5.69 Å². The number of nitrogens with zero attached hydrogens (tertiary/aromatic N) is 1. The molecule has 0 aliphatic heterocycles. The molecule has 0 aliphatic rings. The molecular formula is C24H26N2O4. The van der Waals surface area contributed by atoms with Gasteiger partial charge in [-0.1, -0.05) is 17.7 Å². The molecule has 2 aromatic carbocycles. The van der Waals surface area contributed by atoms with Crippen molar-refractivity contribution in [3.05, 3.63) is 63.2 Å². The first kappa shape index (κ1) is 22.7. The van der Waals surface area contributed by atoms with Crippen LogP contribution in [0.15, 0.2) is 29.8 Å². The van der Waals surface area contributed by atoms with E-state index in [4.69, 9.17) is 4.74 Å². The first-order valence-electron chi connectivity index (χ1n) is 9.48. The lowest BCUT2D eigenvalue weighted by Gasteiger charge is -2.13. The highest BCUT2D eigenvalue weighted by atomic mass is 16.6. The molecule has 0 bridgehead atoms. The quantitative estimate of drug-likeness (QED) is 0.438. The monoisotopic (exact) mass is 406 g/mol. The number of nitriles is 1. The summed E-state index contributed by atoms with van der Waals surface area (Å²) >= 11 is 0. The molecule has 156 valence electrons. The minimum atomic E-state index is -0.470. The Bertz CT molecular complexity index is 1020. The number of nitrogens with one attached hydrogen (secondary N) is 1. The molecule has 0 fully saturated rings. The Labute approximate surface area is 177 Å². The fourth-order valence-corrected chi connectivity index (χ4v) is 3.36. The Morgan fingerprint density at radius 2 is 1.57 bits per heavy atom. The normalized spacial score (nSPS) is 10.9. The van der Waals surface area contributed by atoms with E-state index < -0.39 is 11.9 Å². The number of hydrogen-bond acceptors (Lipinski definition) is 5. The van der Waals surface area contributed by atoms with Crippen molar-refractivity contribution in [3.63, 3.8) is 0 Å². The summed E-state index contributed by atoms with van der Waals surface area (Å²) in [5.41, 5.74) is 5.97. The first-order chi connectivity index (χ1) is 14.2. The van der Waals surface area contributed by atoms with Gasteiger partial charge < -0.3 is 14.8 Å². The molecule has 0 heterocycles. The lowest BCUT2D eigenvalue weighted by Crippen LogP contribution is -2.15. The minimum Gasteiger partial charge on any atom is -0.481 e. The van der Waals surface area contributed by atoms with E-state index in [0.717, 1.165) is 27.8 Å². The van der Waals surface area contributed by atoms with Crippen molar-refractivity contribution in [2.45, 2.75) is 34.6 Å². The molecule has 30 heavy (non-hydrogen) atoms. The van der Waals surface area contributed by atoms with Crippen molar-refractivity contribution >= 4 is 23.6 Å². The molecule has 6 nitrogen and oxygen atoms in total. The number of benzene rings is 2. The van der Waals surface area contributed by atoms with Gasteiger partial charge >= 0.3 is 5.97 Å². The third kappa shape index (κ3) is 5.48. The summed E-state index contributed by atoms with van der Waals surface area (Å²) in [4.78, 5) is 24.0. The second kappa shape index (κ2) is 9.75. The highest BCUT2D eigenvalue weighted by Crippen LogP contribution is 2.27. The van der Waals surface area contributed by atoms with Gasteiger partial charge in [0.05, 0.1) is 7.11 Å². The van der Waals surface area contributed by atoms with Crippen LogP contribution in [0.3, 0.4) is 0 Å². The van der Waals surface area contributed by atoms with Crippen LogP contribution in [0.2, 0.25) is 0 Å². The Morgan fingerprint density at radius 1 is 1.00 bits per heavy atom. The molecular weight excluding hydrogens is 380 g/mol. The van der Waals surface area contributed by atoms with Crippen LogP contribution < -0.4 is 10.1 Å². The van der Waals surface area contributed by atoms with Gasteiger partial charge in [-0.25, -0.2) is 4.79 Å². The van der Waals surface area contributed by atoms with Crippen molar-refractivity contribution in [1.82, 2.24) is 0 Å². The maximum Gasteiger partial charge on any atom is 0.343 e. The Balaban J connectivity index is 2.28. The van der Waals surface area contributed by atoms with Crippen molar-refractivity contribution in [1.29, 1.82) is 5.26 Å². The zero-order valence-corrected chi connectivity index (χ0v) is 18.2. The van der Waals surface area contributed by atoms with Gasteiger partial charge in [0.25, 0.3) is 5.91 Å². The summed E-state index contributed by atoms with van der Waals surface area (Å²) in [6.45, 7) is 9.32. The van der Waals surface area contributed by atoms with Crippen LogP contribution in [0, 0.1) is 45.9 Å². The number of aryl methyl sites for hydroxylation is 5. The molecule has 6 heteroatoms. The molecule has 2 aromatic rings. The lowest BCUT2D eigenvalue weighted by molar-refractivity contribution is -0.142. The predicted octanol–water partition coefficient (Wildman–Crippen LogP) is 4.33. The molecule has 0 aliphatic carbocycles. The SMILES string of the molecule is COC(=O)COc1c(C)cc(/C=C(/C#N)C(=O)Nc2c(C)cc(C)cc2C)cc1C. The Morgan fingerprint density at radius 3 is 2.07 bits per heavy atom. The average molecular weight is 406 g/mol. The molecule has 1 N–H and O–H groups in total. The van der Waals surface area contributed by atoms with E-state index in [1.807, 2.05) is 52.8 Å². The highest BCUT2D eigenvalue weighted by molar-refractivity contribution is 6.10. The van der Waals surface area contributed by atoms with E-state index in [-0.39, 0.29) is 12.2 Å².